The van der Waals surface area contributed by atoms with Gasteiger partial charge in [-0.05, 0) is 60.0 Å². The molecule has 0 aliphatic rings. The van der Waals surface area contributed by atoms with E-state index in [1.54, 1.807) is 42.3 Å². The van der Waals surface area contributed by atoms with Gasteiger partial charge in [-0.15, -0.1) is 0 Å². The van der Waals surface area contributed by atoms with Crippen LogP contribution in [0.3, 0.4) is 0 Å². The van der Waals surface area contributed by atoms with Gasteiger partial charge in [-0.2, -0.15) is 0 Å². The van der Waals surface area contributed by atoms with Gasteiger partial charge in [0.2, 0.25) is 5.91 Å². The van der Waals surface area contributed by atoms with Gasteiger partial charge in [0.05, 0.1) is 7.11 Å². The highest BCUT2D eigenvalue weighted by Gasteiger charge is 2.24. The summed E-state index contributed by atoms with van der Waals surface area (Å²) < 4.78 is 19.9. The number of aromatic amines is 1. The van der Waals surface area contributed by atoms with E-state index in [0.717, 1.165) is 32.1 Å². The standard InChI is InChI=1S/C34H31BrFN3O3/c1-42-32-12-5-2-7-27(32)22-38(18-17-26-20-37-31-11-4-3-10-30(26)31)33(40)23-39(21-24-13-15-29(36)16-14-24)34(41)25-8-6-9-28(35)19-25/h2-16,19-20,37H,17-18,21-23H2,1H3. The van der Waals surface area contributed by atoms with E-state index in [9.17, 15) is 14.0 Å². The maximum atomic E-state index is 14.0. The topological polar surface area (TPSA) is 65.6 Å². The molecule has 6 nitrogen and oxygen atoms in total. The molecule has 0 spiro atoms. The van der Waals surface area contributed by atoms with Gasteiger partial charge in [0.25, 0.3) is 5.91 Å². The summed E-state index contributed by atoms with van der Waals surface area (Å²) >= 11 is 3.43. The number of rotatable bonds is 11. The van der Waals surface area contributed by atoms with E-state index < -0.39 is 0 Å². The lowest BCUT2D eigenvalue weighted by atomic mass is 10.1. The maximum absolute atomic E-state index is 14.0. The molecule has 5 aromatic rings. The number of fused-ring (bicyclic) bond motifs is 1. The quantitative estimate of drug-likeness (QED) is 0.172. The zero-order valence-electron chi connectivity index (χ0n) is 23.2. The molecule has 4 aromatic carbocycles. The van der Waals surface area contributed by atoms with Gasteiger partial charge in [-0.25, -0.2) is 4.39 Å². The fourth-order valence-electron chi connectivity index (χ4n) is 5.00. The summed E-state index contributed by atoms with van der Waals surface area (Å²) in [5, 5.41) is 1.12. The van der Waals surface area contributed by atoms with Crippen molar-refractivity contribution < 1.29 is 18.7 Å². The number of nitrogens with zero attached hydrogens (tertiary/aromatic N) is 2. The molecule has 0 bridgehead atoms. The first kappa shape index (κ1) is 29.1. The van der Waals surface area contributed by atoms with Crippen molar-refractivity contribution in [3.8, 4) is 5.75 Å². The highest BCUT2D eigenvalue weighted by atomic mass is 79.9. The number of carbonyl (C=O) groups is 2. The summed E-state index contributed by atoms with van der Waals surface area (Å²) in [6, 6.07) is 28.7. The van der Waals surface area contributed by atoms with Crippen molar-refractivity contribution in [3.05, 3.63) is 136 Å². The van der Waals surface area contributed by atoms with Crippen molar-refractivity contribution in [2.75, 3.05) is 20.2 Å². The number of hydrogen-bond donors (Lipinski definition) is 1. The van der Waals surface area contributed by atoms with E-state index in [0.29, 0.717) is 30.8 Å². The van der Waals surface area contributed by atoms with Gasteiger partial charge in [0.1, 0.15) is 18.1 Å². The van der Waals surface area contributed by atoms with Crippen LogP contribution in [0.25, 0.3) is 10.9 Å². The van der Waals surface area contributed by atoms with Crippen LogP contribution in [0.4, 0.5) is 4.39 Å². The van der Waals surface area contributed by atoms with Crippen molar-refractivity contribution in [2.24, 2.45) is 0 Å². The smallest absolute Gasteiger partial charge is 0.254 e. The molecule has 2 amide bonds. The van der Waals surface area contributed by atoms with E-state index in [1.807, 2.05) is 54.7 Å². The molecule has 1 heterocycles. The van der Waals surface area contributed by atoms with Crippen molar-refractivity contribution in [1.29, 1.82) is 0 Å². The highest BCUT2D eigenvalue weighted by molar-refractivity contribution is 9.10. The van der Waals surface area contributed by atoms with Crippen molar-refractivity contribution in [1.82, 2.24) is 14.8 Å². The van der Waals surface area contributed by atoms with Gasteiger partial charge >= 0.3 is 0 Å². The molecule has 8 heteroatoms. The Labute approximate surface area is 252 Å². The Morgan fingerprint density at radius 1 is 0.857 bits per heavy atom. The number of amides is 2. The largest absolute Gasteiger partial charge is 0.496 e. The summed E-state index contributed by atoms with van der Waals surface area (Å²) in [5.41, 5.74) is 4.20. The van der Waals surface area contributed by atoms with Crippen LogP contribution in [0.5, 0.6) is 5.75 Å². The maximum Gasteiger partial charge on any atom is 0.254 e. The lowest BCUT2D eigenvalue weighted by Gasteiger charge is -2.28. The van der Waals surface area contributed by atoms with Crippen LogP contribution in [0.15, 0.2) is 108 Å². The number of H-pyrrole nitrogens is 1. The van der Waals surface area contributed by atoms with Gasteiger partial charge < -0.3 is 19.5 Å². The average molecular weight is 629 g/mol. The lowest BCUT2D eigenvalue weighted by Crippen LogP contribution is -2.43. The summed E-state index contributed by atoms with van der Waals surface area (Å²) in [6.45, 7) is 0.767. The molecule has 0 radical (unpaired) electrons. The SMILES string of the molecule is COc1ccccc1CN(CCc1c[nH]c2ccccc12)C(=O)CN(Cc1ccc(F)cc1)C(=O)c1cccc(Br)c1. The normalized spacial score (nSPS) is 10.9. The number of carbonyl (C=O) groups excluding carboxylic acids is 2. The molecule has 1 N–H and O–H groups in total. The van der Waals surface area contributed by atoms with Gasteiger partial charge in [-0.3, -0.25) is 9.59 Å². The molecule has 5 rings (SSSR count). The van der Waals surface area contributed by atoms with Crippen LogP contribution in [0.2, 0.25) is 0 Å². The molecule has 0 aliphatic heterocycles. The van der Waals surface area contributed by atoms with Crippen LogP contribution < -0.4 is 4.74 Å². The average Bonchev–Trinajstić information content (AvgIpc) is 3.42. The molecular formula is C34H31BrFN3O3. The van der Waals surface area contributed by atoms with Gasteiger partial charge in [0, 0.05) is 52.3 Å². The Morgan fingerprint density at radius 2 is 1.62 bits per heavy atom. The second-order valence-electron chi connectivity index (χ2n) is 10.0. The third-order valence-corrected chi connectivity index (χ3v) is 7.70. The first-order valence-corrected chi connectivity index (χ1v) is 14.4. The van der Waals surface area contributed by atoms with E-state index in [2.05, 4.69) is 27.0 Å². The summed E-state index contributed by atoms with van der Waals surface area (Å²) in [6.07, 6.45) is 2.61. The molecule has 214 valence electrons. The summed E-state index contributed by atoms with van der Waals surface area (Å²) in [4.78, 5) is 34.3. The zero-order chi connectivity index (χ0) is 29.5. The zero-order valence-corrected chi connectivity index (χ0v) is 24.8. The number of aromatic nitrogens is 1. The van der Waals surface area contributed by atoms with Gasteiger partial charge in [0.15, 0.2) is 0 Å². The van der Waals surface area contributed by atoms with Crippen LogP contribution in [-0.4, -0.2) is 46.8 Å². The van der Waals surface area contributed by atoms with E-state index in [1.165, 1.54) is 17.0 Å². The summed E-state index contributed by atoms with van der Waals surface area (Å²) in [5.74, 6) is -0.162. The number of ether oxygens (including phenoxy) is 1. The predicted molar refractivity (Wildman–Crippen MR) is 166 cm³/mol. The fourth-order valence-corrected chi connectivity index (χ4v) is 5.40. The summed E-state index contributed by atoms with van der Waals surface area (Å²) in [7, 11) is 1.61. The Bertz CT molecular complexity index is 1690. The van der Waals surface area contributed by atoms with Crippen LogP contribution >= 0.6 is 15.9 Å². The van der Waals surface area contributed by atoms with Crippen LogP contribution in [-0.2, 0) is 24.3 Å². The number of halogens is 2. The van der Waals surface area contributed by atoms with Crippen LogP contribution in [0.1, 0.15) is 27.0 Å². The minimum absolute atomic E-state index is 0.147. The second kappa shape index (κ2) is 13.5. The third kappa shape index (κ3) is 7.06. The molecule has 0 fully saturated rings. The van der Waals surface area contributed by atoms with E-state index >= 15 is 0 Å². The Balaban J connectivity index is 1.43. The Kier molecular flexibility index (Phi) is 9.34. The van der Waals surface area contributed by atoms with Crippen molar-refractivity contribution in [2.45, 2.75) is 19.5 Å². The van der Waals surface area contributed by atoms with Crippen molar-refractivity contribution >= 4 is 38.6 Å². The van der Waals surface area contributed by atoms with E-state index in [-0.39, 0.29) is 30.7 Å². The second-order valence-corrected chi connectivity index (χ2v) is 11.0. The van der Waals surface area contributed by atoms with Crippen molar-refractivity contribution in [3.63, 3.8) is 0 Å². The molecule has 0 saturated heterocycles. The lowest BCUT2D eigenvalue weighted by molar-refractivity contribution is -0.132. The van der Waals surface area contributed by atoms with Gasteiger partial charge in [-0.1, -0.05) is 70.5 Å². The molecule has 0 saturated carbocycles. The molecular weight excluding hydrogens is 597 g/mol. The fraction of sp³-hybridized carbons (Fsp3) is 0.176. The Hall–Kier alpha value is -4.43. The number of methoxy groups -OCH3 is 1. The molecule has 0 atom stereocenters. The highest BCUT2D eigenvalue weighted by Crippen LogP contribution is 2.23. The molecule has 1 aromatic heterocycles. The number of para-hydroxylation sites is 2. The number of hydrogen-bond acceptors (Lipinski definition) is 3. The third-order valence-electron chi connectivity index (χ3n) is 7.20. The first-order chi connectivity index (χ1) is 20.4. The Morgan fingerprint density at radius 3 is 2.40 bits per heavy atom. The minimum Gasteiger partial charge on any atom is -0.496 e. The monoisotopic (exact) mass is 627 g/mol. The predicted octanol–water partition coefficient (Wildman–Crippen LogP) is 6.99. The molecule has 0 unspecified atom stereocenters. The molecule has 42 heavy (non-hydrogen) atoms. The van der Waals surface area contributed by atoms with E-state index in [4.69, 9.17) is 4.74 Å². The number of nitrogens with one attached hydrogen (secondary N) is 1. The molecule has 0 aliphatic carbocycles. The number of benzene rings is 4. The van der Waals surface area contributed by atoms with Crippen LogP contribution in [0, 0.1) is 5.82 Å². The minimum atomic E-state index is -0.361. The first-order valence-electron chi connectivity index (χ1n) is 13.6.